The molecule has 0 fully saturated rings. The van der Waals surface area contributed by atoms with Crippen LogP contribution in [0.4, 0.5) is 11.4 Å². The third-order valence-corrected chi connectivity index (χ3v) is 5.16. The van der Waals surface area contributed by atoms with E-state index in [2.05, 4.69) is 0 Å². The van der Waals surface area contributed by atoms with Gasteiger partial charge in [-0.05, 0) is 57.0 Å². The van der Waals surface area contributed by atoms with Crippen LogP contribution in [0, 0.1) is 27.7 Å². The minimum Gasteiger partial charge on any atom is -0.399 e. The third-order valence-electron chi connectivity index (χ3n) is 5.16. The largest absolute Gasteiger partial charge is 0.399 e. The van der Waals surface area contributed by atoms with Crippen LogP contribution in [0.25, 0.3) is 0 Å². The van der Waals surface area contributed by atoms with E-state index in [1.807, 2.05) is 45.9 Å². The van der Waals surface area contributed by atoms with Gasteiger partial charge < -0.3 is 11.5 Å². The maximum atomic E-state index is 13.1. The van der Waals surface area contributed by atoms with Crippen LogP contribution in [0.1, 0.15) is 38.2 Å². The standard InChI is InChI=1S/C23H24N2O3/c1-13-15(3)21(11-10-19(13)24)27-28-23-16(4)14(2)20(25)12-18(23)22(26)17-8-6-5-7-9-17/h5-12H,24-25H2,1-4H3. The Bertz CT molecular complexity index is 1040. The number of carbonyl (C=O) groups is 1. The van der Waals surface area contributed by atoms with Crippen molar-refractivity contribution in [1.29, 1.82) is 0 Å². The number of nitrogens with two attached hydrogens (primary N) is 2. The summed E-state index contributed by atoms with van der Waals surface area (Å²) < 4.78 is 0. The van der Waals surface area contributed by atoms with E-state index in [1.165, 1.54) is 0 Å². The zero-order valence-electron chi connectivity index (χ0n) is 16.5. The third kappa shape index (κ3) is 3.51. The van der Waals surface area contributed by atoms with Gasteiger partial charge in [0.1, 0.15) is 0 Å². The highest BCUT2D eigenvalue weighted by atomic mass is 17.2. The molecule has 0 atom stereocenters. The summed E-state index contributed by atoms with van der Waals surface area (Å²) in [5.74, 6) is 0.715. The summed E-state index contributed by atoms with van der Waals surface area (Å²) in [5, 5.41) is 0. The molecule has 3 aromatic carbocycles. The van der Waals surface area contributed by atoms with Crippen molar-refractivity contribution in [2.45, 2.75) is 27.7 Å². The number of anilines is 2. The van der Waals surface area contributed by atoms with E-state index >= 15 is 0 Å². The van der Waals surface area contributed by atoms with E-state index < -0.39 is 0 Å². The van der Waals surface area contributed by atoms with E-state index in [-0.39, 0.29) is 5.78 Å². The van der Waals surface area contributed by atoms with Crippen molar-refractivity contribution in [1.82, 2.24) is 0 Å². The minimum absolute atomic E-state index is 0.181. The number of rotatable bonds is 5. The lowest BCUT2D eigenvalue weighted by Gasteiger charge is -2.17. The van der Waals surface area contributed by atoms with Crippen molar-refractivity contribution < 1.29 is 14.6 Å². The number of nitrogen functional groups attached to an aromatic ring is 2. The van der Waals surface area contributed by atoms with E-state index in [1.54, 1.807) is 30.3 Å². The highest BCUT2D eigenvalue weighted by molar-refractivity contribution is 6.11. The molecule has 0 unspecified atom stereocenters. The Hall–Kier alpha value is -3.47. The summed E-state index contributed by atoms with van der Waals surface area (Å²) in [6, 6.07) is 14.1. The molecule has 0 bridgehead atoms. The molecule has 144 valence electrons. The van der Waals surface area contributed by atoms with Crippen LogP contribution in [0.2, 0.25) is 0 Å². The Morgan fingerprint density at radius 1 is 0.750 bits per heavy atom. The summed E-state index contributed by atoms with van der Waals surface area (Å²) in [4.78, 5) is 24.4. The van der Waals surface area contributed by atoms with Gasteiger partial charge in [0, 0.05) is 28.1 Å². The van der Waals surface area contributed by atoms with Gasteiger partial charge in [0.2, 0.25) is 0 Å². The lowest BCUT2D eigenvalue weighted by atomic mass is 9.96. The molecule has 3 aromatic rings. The number of ketones is 1. The monoisotopic (exact) mass is 376 g/mol. The van der Waals surface area contributed by atoms with Gasteiger partial charge in [-0.15, -0.1) is 0 Å². The Kier molecular flexibility index (Phi) is 5.27. The molecule has 0 aliphatic heterocycles. The van der Waals surface area contributed by atoms with Gasteiger partial charge in [-0.3, -0.25) is 14.6 Å². The predicted molar refractivity (Wildman–Crippen MR) is 112 cm³/mol. The zero-order chi connectivity index (χ0) is 20.4. The fraction of sp³-hybridized carbons (Fsp3) is 0.174. The SMILES string of the molecule is Cc1c(N)ccc(OOc2c(C(=O)c3ccccc3)cc(N)c(C)c2C)c1C. The van der Waals surface area contributed by atoms with E-state index in [4.69, 9.17) is 21.2 Å². The highest BCUT2D eigenvalue weighted by Crippen LogP contribution is 2.34. The molecule has 5 heteroatoms. The molecule has 0 amide bonds. The maximum Gasteiger partial charge on any atom is 0.197 e. The Morgan fingerprint density at radius 2 is 1.39 bits per heavy atom. The first-order chi connectivity index (χ1) is 13.3. The highest BCUT2D eigenvalue weighted by Gasteiger charge is 2.21. The number of benzene rings is 3. The smallest absolute Gasteiger partial charge is 0.197 e. The molecule has 0 aliphatic carbocycles. The number of hydrogen-bond acceptors (Lipinski definition) is 5. The molecule has 0 saturated carbocycles. The zero-order valence-corrected chi connectivity index (χ0v) is 16.5. The first kappa shape index (κ1) is 19.3. The summed E-state index contributed by atoms with van der Waals surface area (Å²) >= 11 is 0. The average Bonchev–Trinajstić information content (AvgIpc) is 2.71. The molecule has 0 spiro atoms. The fourth-order valence-corrected chi connectivity index (χ4v) is 2.93. The molecule has 0 radical (unpaired) electrons. The molecule has 0 aromatic heterocycles. The lowest BCUT2D eigenvalue weighted by molar-refractivity contribution is -0.101. The second kappa shape index (κ2) is 7.64. The molecule has 0 heterocycles. The van der Waals surface area contributed by atoms with Crippen LogP contribution in [0.5, 0.6) is 11.5 Å². The van der Waals surface area contributed by atoms with Gasteiger partial charge >= 0.3 is 0 Å². The van der Waals surface area contributed by atoms with Gasteiger partial charge in [-0.2, -0.15) is 0 Å². The van der Waals surface area contributed by atoms with Crippen LogP contribution in [0.15, 0.2) is 48.5 Å². The summed E-state index contributed by atoms with van der Waals surface area (Å²) in [6.45, 7) is 7.56. The number of hydrogen-bond donors (Lipinski definition) is 2. The van der Waals surface area contributed by atoms with Crippen molar-refractivity contribution in [2.24, 2.45) is 0 Å². The van der Waals surface area contributed by atoms with Crippen molar-refractivity contribution >= 4 is 17.2 Å². The first-order valence-electron chi connectivity index (χ1n) is 9.01. The van der Waals surface area contributed by atoms with E-state index in [9.17, 15) is 4.79 Å². The molecular formula is C23H24N2O3. The Balaban J connectivity index is 2.02. The quantitative estimate of drug-likeness (QED) is 0.292. The molecule has 0 aliphatic rings. The Morgan fingerprint density at radius 3 is 2.07 bits per heavy atom. The number of carbonyl (C=O) groups excluding carboxylic acids is 1. The molecule has 5 nitrogen and oxygen atoms in total. The van der Waals surface area contributed by atoms with Crippen molar-refractivity contribution in [3.63, 3.8) is 0 Å². The molecular weight excluding hydrogens is 352 g/mol. The van der Waals surface area contributed by atoms with Crippen molar-refractivity contribution in [3.8, 4) is 11.5 Å². The van der Waals surface area contributed by atoms with Gasteiger partial charge in [0.15, 0.2) is 17.3 Å². The normalized spacial score (nSPS) is 10.6. The maximum absolute atomic E-state index is 13.1. The summed E-state index contributed by atoms with van der Waals surface area (Å²) in [5.41, 5.74) is 17.6. The summed E-state index contributed by atoms with van der Waals surface area (Å²) in [7, 11) is 0. The van der Waals surface area contributed by atoms with Crippen LogP contribution in [0.3, 0.4) is 0 Å². The van der Waals surface area contributed by atoms with Gasteiger partial charge in [0.05, 0.1) is 5.56 Å². The molecule has 4 N–H and O–H groups in total. The van der Waals surface area contributed by atoms with Gasteiger partial charge in [-0.25, -0.2) is 0 Å². The second-order valence-corrected chi connectivity index (χ2v) is 6.86. The van der Waals surface area contributed by atoms with E-state index in [0.717, 1.165) is 22.3 Å². The van der Waals surface area contributed by atoms with Crippen molar-refractivity contribution in [2.75, 3.05) is 11.5 Å². The van der Waals surface area contributed by atoms with Crippen LogP contribution in [-0.4, -0.2) is 5.78 Å². The summed E-state index contributed by atoms with van der Waals surface area (Å²) in [6.07, 6.45) is 0. The first-order valence-corrected chi connectivity index (χ1v) is 9.01. The fourth-order valence-electron chi connectivity index (χ4n) is 2.93. The van der Waals surface area contributed by atoms with Crippen LogP contribution >= 0.6 is 0 Å². The average molecular weight is 376 g/mol. The molecule has 28 heavy (non-hydrogen) atoms. The lowest BCUT2D eigenvalue weighted by Crippen LogP contribution is -2.12. The predicted octanol–water partition coefficient (Wildman–Crippen LogP) is 4.69. The van der Waals surface area contributed by atoms with E-state index in [0.29, 0.717) is 34.0 Å². The minimum atomic E-state index is -0.181. The van der Waals surface area contributed by atoms with Crippen LogP contribution < -0.4 is 21.2 Å². The molecule has 3 rings (SSSR count). The Labute approximate surface area is 164 Å². The van der Waals surface area contributed by atoms with Crippen molar-refractivity contribution in [3.05, 3.63) is 81.9 Å². The molecule has 0 saturated heterocycles. The van der Waals surface area contributed by atoms with Gasteiger partial charge in [0.25, 0.3) is 0 Å². The van der Waals surface area contributed by atoms with Crippen LogP contribution in [-0.2, 0) is 0 Å². The second-order valence-electron chi connectivity index (χ2n) is 6.86. The topological polar surface area (TPSA) is 87.6 Å². The van der Waals surface area contributed by atoms with Gasteiger partial charge in [-0.1, -0.05) is 30.3 Å².